The standard InChI is InChI=1S/C9H11BClNO2/c11-8-1-2-9-7(5-8)6-14-10(9)13-4-3-12/h1-2,5H,3-4,6,12H2. The topological polar surface area (TPSA) is 44.5 Å². The molecule has 1 aliphatic heterocycles. The molecule has 0 saturated carbocycles. The van der Waals surface area contributed by atoms with Crippen molar-refractivity contribution in [2.45, 2.75) is 6.61 Å². The van der Waals surface area contributed by atoms with Crippen molar-refractivity contribution in [1.82, 2.24) is 0 Å². The van der Waals surface area contributed by atoms with Gasteiger partial charge in [0.1, 0.15) is 0 Å². The normalized spacial score (nSPS) is 14.6. The Morgan fingerprint density at radius 1 is 1.57 bits per heavy atom. The van der Waals surface area contributed by atoms with Crippen molar-refractivity contribution in [2.75, 3.05) is 13.2 Å². The first-order valence-corrected chi connectivity index (χ1v) is 4.90. The second kappa shape index (κ2) is 4.32. The van der Waals surface area contributed by atoms with Crippen molar-refractivity contribution in [1.29, 1.82) is 0 Å². The molecule has 0 spiro atoms. The van der Waals surface area contributed by atoms with E-state index in [0.717, 1.165) is 16.0 Å². The molecule has 0 aliphatic carbocycles. The number of hydrogen-bond acceptors (Lipinski definition) is 3. The van der Waals surface area contributed by atoms with Crippen LogP contribution in [0.25, 0.3) is 0 Å². The third-order valence-electron chi connectivity index (χ3n) is 2.14. The number of hydrogen-bond donors (Lipinski definition) is 1. The molecule has 0 atom stereocenters. The Morgan fingerprint density at radius 3 is 3.21 bits per heavy atom. The highest BCUT2D eigenvalue weighted by molar-refractivity contribution is 6.63. The van der Waals surface area contributed by atoms with Crippen LogP contribution in [0.15, 0.2) is 18.2 Å². The minimum Gasteiger partial charge on any atom is -0.406 e. The van der Waals surface area contributed by atoms with Crippen LogP contribution in [0, 0.1) is 0 Å². The van der Waals surface area contributed by atoms with Crippen LogP contribution < -0.4 is 11.2 Å². The van der Waals surface area contributed by atoms with E-state index in [0.29, 0.717) is 19.8 Å². The van der Waals surface area contributed by atoms with Gasteiger partial charge in [-0.15, -0.1) is 0 Å². The molecule has 1 heterocycles. The van der Waals surface area contributed by atoms with Crippen molar-refractivity contribution < 1.29 is 9.31 Å². The lowest BCUT2D eigenvalue weighted by molar-refractivity contribution is 0.216. The SMILES string of the molecule is NCCOB1OCc2cc(Cl)ccc21. The van der Waals surface area contributed by atoms with E-state index >= 15 is 0 Å². The summed E-state index contributed by atoms with van der Waals surface area (Å²) in [7, 11) is -0.272. The highest BCUT2D eigenvalue weighted by Crippen LogP contribution is 2.16. The quantitative estimate of drug-likeness (QED) is 0.742. The van der Waals surface area contributed by atoms with Crippen LogP contribution in [0.1, 0.15) is 5.56 Å². The van der Waals surface area contributed by atoms with Gasteiger partial charge in [0.2, 0.25) is 0 Å². The van der Waals surface area contributed by atoms with Crippen LogP contribution in [0.3, 0.4) is 0 Å². The van der Waals surface area contributed by atoms with Crippen molar-refractivity contribution >= 4 is 24.2 Å². The van der Waals surface area contributed by atoms with Gasteiger partial charge < -0.3 is 15.0 Å². The first-order chi connectivity index (χ1) is 6.81. The molecular weight excluding hydrogens is 200 g/mol. The molecule has 0 aromatic heterocycles. The van der Waals surface area contributed by atoms with Crippen LogP contribution in [0.4, 0.5) is 0 Å². The molecule has 2 N–H and O–H groups in total. The zero-order valence-corrected chi connectivity index (χ0v) is 8.46. The van der Waals surface area contributed by atoms with Gasteiger partial charge >= 0.3 is 7.12 Å². The molecule has 0 saturated heterocycles. The average molecular weight is 211 g/mol. The molecule has 3 nitrogen and oxygen atoms in total. The highest BCUT2D eigenvalue weighted by Gasteiger charge is 2.30. The molecule has 1 aromatic rings. The van der Waals surface area contributed by atoms with Gasteiger partial charge in [0.05, 0.1) is 6.61 Å². The summed E-state index contributed by atoms with van der Waals surface area (Å²) < 4.78 is 10.9. The van der Waals surface area contributed by atoms with Crippen LogP contribution >= 0.6 is 11.6 Å². The largest absolute Gasteiger partial charge is 0.494 e. The molecule has 1 aromatic carbocycles. The van der Waals surface area contributed by atoms with Gasteiger partial charge in [-0.25, -0.2) is 0 Å². The fourth-order valence-electron chi connectivity index (χ4n) is 1.50. The van der Waals surface area contributed by atoms with E-state index in [4.69, 9.17) is 26.6 Å². The van der Waals surface area contributed by atoms with Crippen LogP contribution in [-0.2, 0) is 15.9 Å². The van der Waals surface area contributed by atoms with Crippen molar-refractivity contribution in [3.8, 4) is 0 Å². The maximum atomic E-state index is 5.86. The summed E-state index contributed by atoms with van der Waals surface area (Å²) in [4.78, 5) is 0. The summed E-state index contributed by atoms with van der Waals surface area (Å²) in [5, 5.41) is 0.729. The molecular formula is C9H11BClNO2. The number of halogens is 1. The van der Waals surface area contributed by atoms with Crippen LogP contribution in [0.2, 0.25) is 5.02 Å². The van der Waals surface area contributed by atoms with Crippen molar-refractivity contribution in [2.24, 2.45) is 5.73 Å². The molecule has 5 heteroatoms. The van der Waals surface area contributed by atoms with Gasteiger partial charge in [0, 0.05) is 18.2 Å². The minimum atomic E-state index is -0.272. The summed E-state index contributed by atoms with van der Waals surface area (Å²) in [6, 6.07) is 5.68. The number of rotatable bonds is 3. The summed E-state index contributed by atoms with van der Waals surface area (Å²) in [6.07, 6.45) is 0. The molecule has 2 rings (SSSR count). The van der Waals surface area contributed by atoms with E-state index in [9.17, 15) is 0 Å². The Hall–Kier alpha value is -0.545. The third kappa shape index (κ3) is 1.93. The van der Waals surface area contributed by atoms with Gasteiger partial charge in [-0.2, -0.15) is 0 Å². The first-order valence-electron chi connectivity index (χ1n) is 4.53. The van der Waals surface area contributed by atoms with E-state index in [1.54, 1.807) is 0 Å². The fraction of sp³-hybridized carbons (Fsp3) is 0.333. The van der Waals surface area contributed by atoms with E-state index in [1.807, 2.05) is 18.2 Å². The minimum absolute atomic E-state index is 0.272. The predicted molar refractivity (Wildman–Crippen MR) is 56.6 cm³/mol. The molecule has 0 unspecified atom stereocenters. The molecule has 0 radical (unpaired) electrons. The van der Waals surface area contributed by atoms with E-state index in [2.05, 4.69) is 0 Å². The smallest absolute Gasteiger partial charge is 0.406 e. The highest BCUT2D eigenvalue weighted by atomic mass is 35.5. The Labute approximate surface area is 88.3 Å². The Bertz CT molecular complexity index is 335. The lowest BCUT2D eigenvalue weighted by atomic mass is 9.79. The molecule has 0 amide bonds. The second-order valence-corrected chi connectivity index (χ2v) is 3.58. The monoisotopic (exact) mass is 211 g/mol. The van der Waals surface area contributed by atoms with Gasteiger partial charge in [-0.1, -0.05) is 17.7 Å². The average Bonchev–Trinajstić information content (AvgIpc) is 2.57. The number of fused-ring (bicyclic) bond motifs is 1. The zero-order valence-electron chi connectivity index (χ0n) is 7.70. The summed E-state index contributed by atoms with van der Waals surface area (Å²) in [6.45, 7) is 1.57. The second-order valence-electron chi connectivity index (χ2n) is 3.15. The Balaban J connectivity index is 2.14. The first kappa shape index (κ1) is 9.99. The van der Waals surface area contributed by atoms with Crippen molar-refractivity contribution in [3.05, 3.63) is 28.8 Å². The molecule has 74 valence electrons. The lowest BCUT2D eigenvalue weighted by Crippen LogP contribution is -2.33. The third-order valence-corrected chi connectivity index (χ3v) is 2.37. The fourth-order valence-corrected chi connectivity index (χ4v) is 1.69. The Kier molecular flexibility index (Phi) is 3.08. The molecule has 1 aliphatic rings. The van der Waals surface area contributed by atoms with E-state index in [1.165, 1.54) is 0 Å². The predicted octanol–water partition coefficient (Wildman–Crippen LogP) is 0.541. The van der Waals surface area contributed by atoms with Crippen molar-refractivity contribution in [3.63, 3.8) is 0 Å². The molecule has 0 fully saturated rings. The van der Waals surface area contributed by atoms with Gasteiger partial charge in [-0.05, 0) is 23.2 Å². The summed E-state index contributed by atoms with van der Waals surface area (Å²) in [5.74, 6) is 0. The van der Waals surface area contributed by atoms with Gasteiger partial charge in [-0.3, -0.25) is 0 Å². The van der Waals surface area contributed by atoms with E-state index in [-0.39, 0.29) is 7.12 Å². The maximum Gasteiger partial charge on any atom is 0.494 e. The maximum absolute atomic E-state index is 5.86. The molecule has 14 heavy (non-hydrogen) atoms. The number of benzene rings is 1. The zero-order chi connectivity index (χ0) is 9.97. The van der Waals surface area contributed by atoms with Gasteiger partial charge in [0.25, 0.3) is 0 Å². The summed E-state index contributed by atoms with van der Waals surface area (Å²) >= 11 is 5.86. The number of nitrogens with two attached hydrogens (primary N) is 1. The van der Waals surface area contributed by atoms with Crippen LogP contribution in [0.5, 0.6) is 0 Å². The van der Waals surface area contributed by atoms with Gasteiger partial charge in [0.15, 0.2) is 0 Å². The Morgan fingerprint density at radius 2 is 2.43 bits per heavy atom. The summed E-state index contributed by atoms with van der Waals surface area (Å²) in [5.41, 5.74) is 7.50. The van der Waals surface area contributed by atoms with Crippen LogP contribution in [-0.4, -0.2) is 20.3 Å². The van der Waals surface area contributed by atoms with E-state index < -0.39 is 0 Å². The molecule has 0 bridgehead atoms. The lowest BCUT2D eigenvalue weighted by Gasteiger charge is -2.06.